The van der Waals surface area contributed by atoms with E-state index in [0.717, 1.165) is 17.0 Å². The van der Waals surface area contributed by atoms with Crippen LogP contribution in [0.5, 0.6) is 5.75 Å². The van der Waals surface area contributed by atoms with E-state index in [9.17, 15) is 9.59 Å². The van der Waals surface area contributed by atoms with Crippen molar-refractivity contribution >= 4 is 23.2 Å². The Labute approximate surface area is 164 Å². The average Bonchev–Trinajstić information content (AvgIpc) is 2.70. The molecule has 0 unspecified atom stereocenters. The van der Waals surface area contributed by atoms with Gasteiger partial charge in [0.1, 0.15) is 5.75 Å². The summed E-state index contributed by atoms with van der Waals surface area (Å²) in [4.78, 5) is 24.8. The zero-order valence-electron chi connectivity index (χ0n) is 15.9. The second kappa shape index (κ2) is 8.86. The van der Waals surface area contributed by atoms with Crippen LogP contribution in [0.3, 0.4) is 0 Å². The number of anilines is 2. The van der Waals surface area contributed by atoms with Gasteiger partial charge in [0.2, 0.25) is 0 Å². The highest BCUT2D eigenvalue weighted by atomic mass is 16.5. The topological polar surface area (TPSA) is 67.4 Å². The standard InChI is InChI=1S/C23H22N2O3/c1-3-28-21-13-11-19(12-14-21)24-22(26)17-7-9-18(10-8-17)23(27)25-20-6-4-5-16(2)15-20/h4-15H,3H2,1-2H3,(H,24,26)(H,25,27). The van der Waals surface area contributed by atoms with E-state index in [0.29, 0.717) is 23.4 Å². The van der Waals surface area contributed by atoms with Crippen molar-refractivity contribution in [1.82, 2.24) is 0 Å². The zero-order chi connectivity index (χ0) is 19.9. The lowest BCUT2D eigenvalue weighted by Crippen LogP contribution is -2.14. The number of amides is 2. The Kier molecular flexibility index (Phi) is 6.07. The summed E-state index contributed by atoms with van der Waals surface area (Å²) in [7, 11) is 0. The Morgan fingerprint density at radius 1 is 0.786 bits per heavy atom. The Morgan fingerprint density at radius 2 is 1.36 bits per heavy atom. The lowest BCUT2D eigenvalue weighted by molar-refractivity contribution is 0.101. The number of rotatable bonds is 6. The molecule has 0 fully saturated rings. The van der Waals surface area contributed by atoms with Crippen LogP contribution in [0.4, 0.5) is 11.4 Å². The molecule has 5 heteroatoms. The molecule has 0 radical (unpaired) electrons. The molecule has 0 saturated heterocycles. The molecule has 0 spiro atoms. The van der Waals surface area contributed by atoms with Gasteiger partial charge < -0.3 is 15.4 Å². The summed E-state index contributed by atoms with van der Waals surface area (Å²) < 4.78 is 5.38. The first kappa shape index (κ1) is 19.2. The Balaban J connectivity index is 1.62. The van der Waals surface area contributed by atoms with Crippen molar-refractivity contribution in [2.24, 2.45) is 0 Å². The highest BCUT2D eigenvalue weighted by Crippen LogP contribution is 2.17. The first-order valence-corrected chi connectivity index (χ1v) is 9.07. The van der Waals surface area contributed by atoms with Gasteiger partial charge in [0.25, 0.3) is 11.8 Å². The number of carbonyl (C=O) groups excluding carboxylic acids is 2. The van der Waals surface area contributed by atoms with Crippen molar-refractivity contribution in [1.29, 1.82) is 0 Å². The Hall–Kier alpha value is -3.60. The zero-order valence-corrected chi connectivity index (χ0v) is 15.9. The van der Waals surface area contributed by atoms with Crippen molar-refractivity contribution in [3.63, 3.8) is 0 Å². The first-order chi connectivity index (χ1) is 13.5. The molecule has 3 aromatic rings. The number of ether oxygens (including phenoxy) is 1. The minimum Gasteiger partial charge on any atom is -0.494 e. The number of nitrogens with one attached hydrogen (secondary N) is 2. The molecule has 3 aromatic carbocycles. The predicted octanol–water partition coefficient (Wildman–Crippen LogP) is 4.90. The Bertz CT molecular complexity index is 964. The summed E-state index contributed by atoms with van der Waals surface area (Å²) >= 11 is 0. The summed E-state index contributed by atoms with van der Waals surface area (Å²) in [5.41, 5.74) is 3.44. The van der Waals surface area contributed by atoms with E-state index < -0.39 is 0 Å². The van der Waals surface area contributed by atoms with Gasteiger partial charge in [-0.3, -0.25) is 9.59 Å². The lowest BCUT2D eigenvalue weighted by Gasteiger charge is -2.09. The predicted molar refractivity (Wildman–Crippen MR) is 111 cm³/mol. The quantitative estimate of drug-likeness (QED) is 0.645. The molecule has 142 valence electrons. The monoisotopic (exact) mass is 374 g/mol. The van der Waals surface area contributed by atoms with Gasteiger partial charge in [-0.05, 0) is 80.1 Å². The maximum absolute atomic E-state index is 12.4. The van der Waals surface area contributed by atoms with Crippen LogP contribution in [0.1, 0.15) is 33.2 Å². The molecule has 0 aromatic heterocycles. The molecule has 2 N–H and O–H groups in total. The molecule has 28 heavy (non-hydrogen) atoms. The van der Waals surface area contributed by atoms with Crippen molar-refractivity contribution in [2.45, 2.75) is 13.8 Å². The van der Waals surface area contributed by atoms with Crippen LogP contribution in [-0.2, 0) is 0 Å². The van der Waals surface area contributed by atoms with Crippen molar-refractivity contribution < 1.29 is 14.3 Å². The third-order valence-electron chi connectivity index (χ3n) is 4.11. The van der Waals surface area contributed by atoms with E-state index in [2.05, 4.69) is 10.6 Å². The van der Waals surface area contributed by atoms with E-state index >= 15 is 0 Å². The van der Waals surface area contributed by atoms with E-state index in [1.807, 2.05) is 38.1 Å². The van der Waals surface area contributed by atoms with Gasteiger partial charge in [-0.2, -0.15) is 0 Å². The van der Waals surface area contributed by atoms with Gasteiger partial charge in [0, 0.05) is 22.5 Å². The Morgan fingerprint density at radius 3 is 1.89 bits per heavy atom. The van der Waals surface area contributed by atoms with Crippen LogP contribution in [0.2, 0.25) is 0 Å². The largest absolute Gasteiger partial charge is 0.494 e. The first-order valence-electron chi connectivity index (χ1n) is 9.07. The molecular formula is C23H22N2O3. The number of aryl methyl sites for hydroxylation is 1. The molecule has 5 nitrogen and oxygen atoms in total. The van der Waals surface area contributed by atoms with Crippen LogP contribution in [0, 0.1) is 6.92 Å². The molecule has 0 aliphatic heterocycles. The average molecular weight is 374 g/mol. The lowest BCUT2D eigenvalue weighted by atomic mass is 10.1. The van der Waals surface area contributed by atoms with Gasteiger partial charge in [0.15, 0.2) is 0 Å². The molecule has 0 bridgehead atoms. The fraction of sp³-hybridized carbons (Fsp3) is 0.130. The molecule has 0 saturated carbocycles. The normalized spacial score (nSPS) is 10.2. The van der Waals surface area contributed by atoms with E-state index in [-0.39, 0.29) is 11.8 Å². The second-order valence-electron chi connectivity index (χ2n) is 6.31. The van der Waals surface area contributed by atoms with Crippen LogP contribution in [-0.4, -0.2) is 18.4 Å². The van der Waals surface area contributed by atoms with E-state index in [1.54, 1.807) is 48.5 Å². The SMILES string of the molecule is CCOc1ccc(NC(=O)c2ccc(C(=O)Nc3cccc(C)c3)cc2)cc1. The molecular weight excluding hydrogens is 352 g/mol. The van der Waals surface area contributed by atoms with Crippen LogP contribution in [0.25, 0.3) is 0 Å². The third kappa shape index (κ3) is 4.98. The smallest absolute Gasteiger partial charge is 0.255 e. The number of carbonyl (C=O) groups is 2. The molecule has 0 aliphatic carbocycles. The van der Waals surface area contributed by atoms with E-state index in [1.165, 1.54) is 0 Å². The number of benzene rings is 3. The van der Waals surface area contributed by atoms with Gasteiger partial charge >= 0.3 is 0 Å². The van der Waals surface area contributed by atoms with Crippen molar-refractivity contribution in [3.8, 4) is 5.75 Å². The molecule has 3 rings (SSSR count). The highest BCUT2D eigenvalue weighted by molar-refractivity contribution is 6.07. The molecule has 0 heterocycles. The maximum atomic E-state index is 12.4. The van der Waals surface area contributed by atoms with Crippen LogP contribution >= 0.6 is 0 Å². The summed E-state index contributed by atoms with van der Waals surface area (Å²) in [6, 6.07) is 21.3. The van der Waals surface area contributed by atoms with Crippen LogP contribution < -0.4 is 15.4 Å². The number of hydrogen-bond acceptors (Lipinski definition) is 3. The fourth-order valence-corrected chi connectivity index (χ4v) is 2.70. The van der Waals surface area contributed by atoms with E-state index in [4.69, 9.17) is 4.74 Å². The van der Waals surface area contributed by atoms with Crippen molar-refractivity contribution in [2.75, 3.05) is 17.2 Å². The third-order valence-corrected chi connectivity index (χ3v) is 4.11. The van der Waals surface area contributed by atoms with Gasteiger partial charge in [-0.1, -0.05) is 12.1 Å². The minimum absolute atomic E-state index is 0.218. The molecule has 2 amide bonds. The summed E-state index contributed by atoms with van der Waals surface area (Å²) in [5, 5.41) is 5.68. The van der Waals surface area contributed by atoms with Gasteiger partial charge in [-0.25, -0.2) is 0 Å². The van der Waals surface area contributed by atoms with Crippen LogP contribution in [0.15, 0.2) is 72.8 Å². The molecule has 0 atom stereocenters. The van der Waals surface area contributed by atoms with Gasteiger partial charge in [-0.15, -0.1) is 0 Å². The minimum atomic E-state index is -0.241. The fourth-order valence-electron chi connectivity index (χ4n) is 2.70. The molecule has 0 aliphatic rings. The maximum Gasteiger partial charge on any atom is 0.255 e. The summed E-state index contributed by atoms with van der Waals surface area (Å²) in [5.74, 6) is 0.295. The summed E-state index contributed by atoms with van der Waals surface area (Å²) in [6.45, 7) is 4.48. The number of hydrogen-bond donors (Lipinski definition) is 2. The summed E-state index contributed by atoms with van der Waals surface area (Å²) in [6.07, 6.45) is 0. The van der Waals surface area contributed by atoms with Crippen molar-refractivity contribution in [3.05, 3.63) is 89.5 Å². The second-order valence-corrected chi connectivity index (χ2v) is 6.31. The van der Waals surface area contributed by atoms with Gasteiger partial charge in [0.05, 0.1) is 6.61 Å². The highest BCUT2D eigenvalue weighted by Gasteiger charge is 2.10.